The van der Waals surface area contributed by atoms with Crippen LogP contribution in [0.2, 0.25) is 0 Å². The first-order valence-corrected chi connectivity index (χ1v) is 8.48. The minimum Gasteiger partial charge on any atom is -0.489 e. The topological polar surface area (TPSA) is 50.7 Å². The Kier molecular flexibility index (Phi) is 5.70. The summed E-state index contributed by atoms with van der Waals surface area (Å²) in [5.74, 6) is -0.128. The lowest BCUT2D eigenvalue weighted by molar-refractivity contribution is 0.0955. The van der Waals surface area contributed by atoms with Gasteiger partial charge in [0.15, 0.2) is 5.13 Å². The number of hydrazone groups is 1. The van der Waals surface area contributed by atoms with Crippen molar-refractivity contribution in [3.63, 3.8) is 0 Å². The Bertz CT molecular complexity index is 906. The number of nitrogens with zero attached hydrogens (tertiary/aromatic N) is 1. The Morgan fingerprint density at radius 2 is 1.77 bits per heavy atom. The van der Waals surface area contributed by atoms with E-state index < -0.39 is 0 Å². The molecule has 3 rings (SSSR count). The molecule has 0 saturated heterocycles. The van der Waals surface area contributed by atoms with Crippen LogP contribution < -0.4 is 10.2 Å². The van der Waals surface area contributed by atoms with Crippen LogP contribution >= 0.6 is 11.3 Å². The molecule has 0 atom stereocenters. The molecule has 2 aromatic carbocycles. The molecule has 0 saturated carbocycles. The van der Waals surface area contributed by atoms with Gasteiger partial charge in [0, 0.05) is 5.56 Å². The monoisotopic (exact) mass is 372 g/mol. The van der Waals surface area contributed by atoms with Crippen LogP contribution in [0.5, 0.6) is 5.75 Å². The molecule has 0 aliphatic carbocycles. The predicted octanol–water partition coefficient (Wildman–Crippen LogP) is 4.37. The minimum atomic E-state index is -0.371. The normalized spacial score (nSPS) is 10.8. The summed E-state index contributed by atoms with van der Waals surface area (Å²) in [6, 6.07) is 15.5. The summed E-state index contributed by atoms with van der Waals surface area (Å²) < 4.78 is 31.2. The van der Waals surface area contributed by atoms with E-state index in [-0.39, 0.29) is 16.9 Å². The van der Waals surface area contributed by atoms with Gasteiger partial charge in [0.1, 0.15) is 18.2 Å². The Morgan fingerprint density at radius 3 is 2.42 bits per heavy atom. The number of ether oxygens (including phenoxy) is 1. The molecule has 7 heteroatoms. The second-order valence-electron chi connectivity index (χ2n) is 5.28. The lowest BCUT2D eigenvalue weighted by atomic mass is 10.1. The van der Waals surface area contributed by atoms with E-state index in [1.54, 1.807) is 42.5 Å². The van der Waals surface area contributed by atoms with Crippen molar-refractivity contribution in [3.05, 3.63) is 87.6 Å². The fraction of sp³-hybridized carbons (Fsp3) is 0.0526. The highest BCUT2D eigenvalue weighted by atomic mass is 32.1. The molecule has 3 aromatic rings. The molecule has 0 aliphatic heterocycles. The highest BCUT2D eigenvalue weighted by molar-refractivity contribution is 7.12. The predicted molar refractivity (Wildman–Crippen MR) is 96.5 cm³/mol. The molecule has 132 valence electrons. The zero-order valence-corrected chi connectivity index (χ0v) is 14.3. The number of rotatable bonds is 6. The van der Waals surface area contributed by atoms with Gasteiger partial charge in [-0.1, -0.05) is 12.1 Å². The average molecular weight is 372 g/mol. The number of carbonyl (C=O) groups is 1. The van der Waals surface area contributed by atoms with E-state index in [0.717, 1.165) is 16.9 Å². The third-order valence-corrected chi connectivity index (χ3v) is 4.20. The lowest BCUT2D eigenvalue weighted by Crippen LogP contribution is -2.17. The van der Waals surface area contributed by atoms with Crippen LogP contribution in [0.3, 0.4) is 0 Å². The highest BCUT2D eigenvalue weighted by Crippen LogP contribution is 2.14. The quantitative estimate of drug-likeness (QED) is 0.516. The van der Waals surface area contributed by atoms with E-state index in [2.05, 4.69) is 10.5 Å². The van der Waals surface area contributed by atoms with Gasteiger partial charge < -0.3 is 4.74 Å². The molecular weight excluding hydrogens is 358 g/mol. The first-order valence-electron chi connectivity index (χ1n) is 7.66. The maximum absolute atomic E-state index is 12.8. The van der Waals surface area contributed by atoms with Crippen molar-refractivity contribution in [3.8, 4) is 5.75 Å². The number of thiophene rings is 1. The summed E-state index contributed by atoms with van der Waals surface area (Å²) in [5, 5.41) is 3.49. The highest BCUT2D eigenvalue weighted by Gasteiger charge is 2.05. The van der Waals surface area contributed by atoms with Gasteiger partial charge in [0.05, 0.1) is 11.1 Å². The fourth-order valence-electron chi connectivity index (χ4n) is 2.07. The maximum Gasteiger partial charge on any atom is 0.271 e. The summed E-state index contributed by atoms with van der Waals surface area (Å²) in [6.45, 7) is 0.301. The number of amides is 1. The molecule has 0 bridgehead atoms. The summed E-state index contributed by atoms with van der Waals surface area (Å²) in [6.07, 6.45) is 1.39. The SMILES string of the molecule is O=C(N/N=C/c1ccc(F)s1)c1ccc(COc2ccc(F)cc2)cc1. The summed E-state index contributed by atoms with van der Waals surface area (Å²) in [7, 11) is 0. The first-order chi connectivity index (χ1) is 12.6. The van der Waals surface area contributed by atoms with Crippen LogP contribution in [0.25, 0.3) is 0 Å². The molecule has 0 unspecified atom stereocenters. The lowest BCUT2D eigenvalue weighted by Gasteiger charge is -2.07. The molecule has 0 aliphatic rings. The molecule has 1 aromatic heterocycles. The van der Waals surface area contributed by atoms with E-state index in [1.165, 1.54) is 24.4 Å². The van der Waals surface area contributed by atoms with Crippen LogP contribution in [0.1, 0.15) is 20.8 Å². The molecule has 0 radical (unpaired) electrons. The van der Waals surface area contributed by atoms with Crippen LogP contribution in [-0.2, 0) is 6.61 Å². The summed E-state index contributed by atoms with van der Waals surface area (Å²) in [4.78, 5) is 12.6. The number of nitrogens with one attached hydrogen (secondary N) is 1. The number of benzene rings is 2. The molecule has 26 heavy (non-hydrogen) atoms. The van der Waals surface area contributed by atoms with E-state index >= 15 is 0 Å². The second kappa shape index (κ2) is 8.35. The molecule has 0 spiro atoms. The fourth-order valence-corrected chi connectivity index (χ4v) is 2.67. The number of halogens is 2. The standard InChI is InChI=1S/C19H14F2N2O2S/c20-15-5-7-16(8-6-15)25-12-13-1-3-14(4-2-13)19(24)23-22-11-17-9-10-18(21)26-17/h1-11H,12H2,(H,23,24)/b22-11+. The van der Waals surface area contributed by atoms with Gasteiger partial charge in [0.2, 0.25) is 0 Å². The van der Waals surface area contributed by atoms with Crippen LogP contribution in [-0.4, -0.2) is 12.1 Å². The minimum absolute atomic E-state index is 0.301. The molecule has 0 fully saturated rings. The van der Waals surface area contributed by atoms with Crippen molar-refractivity contribution in [2.45, 2.75) is 6.61 Å². The Labute approximate surface area is 152 Å². The third kappa shape index (κ3) is 4.97. The number of carbonyl (C=O) groups excluding carboxylic acids is 1. The summed E-state index contributed by atoms with van der Waals surface area (Å²) in [5.41, 5.74) is 3.69. The van der Waals surface area contributed by atoms with Gasteiger partial charge in [-0.05, 0) is 54.1 Å². The number of hydrogen-bond acceptors (Lipinski definition) is 4. The van der Waals surface area contributed by atoms with Gasteiger partial charge in [-0.15, -0.1) is 11.3 Å². The van der Waals surface area contributed by atoms with Gasteiger partial charge in [-0.3, -0.25) is 4.79 Å². The van der Waals surface area contributed by atoms with Crippen molar-refractivity contribution in [2.24, 2.45) is 5.10 Å². The Balaban J connectivity index is 1.52. The second-order valence-corrected chi connectivity index (χ2v) is 6.35. The molecular formula is C19H14F2N2O2S. The van der Waals surface area contributed by atoms with E-state index in [0.29, 0.717) is 22.8 Å². The first kappa shape index (κ1) is 17.8. The van der Waals surface area contributed by atoms with Crippen molar-refractivity contribution in [1.82, 2.24) is 5.43 Å². The molecule has 1 heterocycles. The molecule has 1 amide bonds. The Morgan fingerprint density at radius 1 is 1.04 bits per heavy atom. The van der Waals surface area contributed by atoms with Crippen LogP contribution in [0.4, 0.5) is 8.78 Å². The van der Waals surface area contributed by atoms with Gasteiger partial charge >= 0.3 is 0 Å². The van der Waals surface area contributed by atoms with Gasteiger partial charge in [-0.2, -0.15) is 9.49 Å². The third-order valence-electron chi connectivity index (χ3n) is 3.39. The van der Waals surface area contributed by atoms with Crippen molar-refractivity contribution in [2.75, 3.05) is 0 Å². The smallest absolute Gasteiger partial charge is 0.271 e. The van der Waals surface area contributed by atoms with Crippen LogP contribution in [0, 0.1) is 10.9 Å². The van der Waals surface area contributed by atoms with E-state index in [9.17, 15) is 13.6 Å². The average Bonchev–Trinajstić information content (AvgIpc) is 3.07. The van der Waals surface area contributed by atoms with Crippen molar-refractivity contribution in [1.29, 1.82) is 0 Å². The zero-order chi connectivity index (χ0) is 18.4. The zero-order valence-electron chi connectivity index (χ0n) is 13.5. The Hall–Kier alpha value is -3.06. The van der Waals surface area contributed by atoms with Crippen LogP contribution in [0.15, 0.2) is 65.8 Å². The van der Waals surface area contributed by atoms with E-state index in [4.69, 9.17) is 4.74 Å². The largest absolute Gasteiger partial charge is 0.489 e. The van der Waals surface area contributed by atoms with Crippen molar-refractivity contribution < 1.29 is 18.3 Å². The van der Waals surface area contributed by atoms with Gasteiger partial charge in [0.25, 0.3) is 5.91 Å². The van der Waals surface area contributed by atoms with E-state index in [1.807, 2.05) is 0 Å². The summed E-state index contributed by atoms with van der Waals surface area (Å²) >= 11 is 0.940. The van der Waals surface area contributed by atoms with Gasteiger partial charge in [-0.25, -0.2) is 9.82 Å². The number of hydrogen-bond donors (Lipinski definition) is 1. The molecule has 1 N–H and O–H groups in total. The van der Waals surface area contributed by atoms with Crippen molar-refractivity contribution >= 4 is 23.5 Å². The molecule has 4 nitrogen and oxygen atoms in total. The maximum atomic E-state index is 12.8.